The zero-order chi connectivity index (χ0) is 20.3. The molecular weight excluding hydrogens is 369 g/mol. The van der Waals surface area contributed by atoms with Crippen molar-refractivity contribution in [3.63, 3.8) is 0 Å². The van der Waals surface area contributed by atoms with Crippen molar-refractivity contribution in [1.82, 2.24) is 15.4 Å². The molecule has 0 radical (unpaired) electrons. The summed E-state index contributed by atoms with van der Waals surface area (Å²) in [5, 5.41) is 19.3. The Morgan fingerprint density at radius 3 is 2.75 bits per heavy atom. The minimum Gasteiger partial charge on any atom is -0.247 e. The Balaban J connectivity index is 2.12. The topological polar surface area (TPSA) is 90.1 Å². The highest BCUT2D eigenvalue weighted by Gasteiger charge is 2.32. The smallest absolute Gasteiger partial charge is 0.247 e. The van der Waals surface area contributed by atoms with Crippen LogP contribution in [-0.2, 0) is 6.42 Å². The molecule has 3 rings (SSSR count). The monoisotopic (exact) mass is 386 g/mol. The number of alkyl halides is 3. The minimum absolute atomic E-state index is 0.106. The SMILES string of the molecule is C=C(/N=C(\N=C/C)c1cc(CC2CC2)cc(-c2nn[nH]c2C#N)c1)C(F)(F)F. The van der Waals surface area contributed by atoms with Crippen molar-refractivity contribution in [2.75, 3.05) is 0 Å². The Morgan fingerprint density at radius 2 is 2.14 bits per heavy atom. The molecule has 6 nitrogen and oxygen atoms in total. The van der Waals surface area contributed by atoms with E-state index in [2.05, 4.69) is 32.0 Å². The van der Waals surface area contributed by atoms with Crippen LogP contribution in [0.15, 0.2) is 40.5 Å². The summed E-state index contributed by atoms with van der Waals surface area (Å²) < 4.78 is 38.7. The van der Waals surface area contributed by atoms with Gasteiger partial charge in [0.15, 0.2) is 11.5 Å². The van der Waals surface area contributed by atoms with Gasteiger partial charge in [0.05, 0.1) is 0 Å². The lowest BCUT2D eigenvalue weighted by atomic mass is 9.98. The van der Waals surface area contributed by atoms with Crippen molar-refractivity contribution >= 4 is 12.1 Å². The Morgan fingerprint density at radius 1 is 1.39 bits per heavy atom. The predicted octanol–water partition coefficient (Wildman–Crippen LogP) is 4.21. The van der Waals surface area contributed by atoms with Gasteiger partial charge in [-0.1, -0.05) is 11.8 Å². The molecule has 1 fully saturated rings. The first-order valence-corrected chi connectivity index (χ1v) is 8.61. The van der Waals surface area contributed by atoms with Crippen LogP contribution < -0.4 is 0 Å². The molecule has 0 atom stereocenters. The van der Waals surface area contributed by atoms with E-state index in [0.29, 0.717) is 22.7 Å². The third-order valence-corrected chi connectivity index (χ3v) is 4.23. The van der Waals surface area contributed by atoms with Crippen LogP contribution >= 0.6 is 0 Å². The lowest BCUT2D eigenvalue weighted by Gasteiger charge is -2.10. The van der Waals surface area contributed by atoms with E-state index in [1.54, 1.807) is 19.1 Å². The van der Waals surface area contributed by atoms with Gasteiger partial charge in [0.2, 0.25) is 0 Å². The maximum Gasteiger partial charge on any atom is 0.432 e. The third-order valence-electron chi connectivity index (χ3n) is 4.23. The number of amidine groups is 1. The summed E-state index contributed by atoms with van der Waals surface area (Å²) in [5.41, 5.74) is 1.14. The number of hydrogen-bond acceptors (Lipinski definition) is 4. The van der Waals surface area contributed by atoms with Crippen LogP contribution in [0.2, 0.25) is 0 Å². The van der Waals surface area contributed by atoms with Gasteiger partial charge in [0.1, 0.15) is 17.5 Å². The molecule has 0 unspecified atom stereocenters. The number of halogens is 3. The summed E-state index contributed by atoms with van der Waals surface area (Å²) in [6, 6.07) is 7.21. The fraction of sp³-hybridized carbons (Fsp3) is 0.316. The molecule has 1 aliphatic rings. The molecule has 1 saturated carbocycles. The normalized spacial score (nSPS) is 15.0. The molecule has 1 aromatic heterocycles. The second-order valence-corrected chi connectivity index (χ2v) is 6.48. The quantitative estimate of drug-likeness (QED) is 0.616. The Labute approximate surface area is 159 Å². The van der Waals surface area contributed by atoms with Crippen molar-refractivity contribution in [3.05, 3.63) is 47.3 Å². The number of rotatable bonds is 5. The van der Waals surface area contributed by atoms with Gasteiger partial charge < -0.3 is 0 Å². The van der Waals surface area contributed by atoms with E-state index in [4.69, 9.17) is 0 Å². The van der Waals surface area contributed by atoms with Crippen LogP contribution in [-0.4, -0.2) is 33.6 Å². The van der Waals surface area contributed by atoms with E-state index in [9.17, 15) is 18.4 Å². The molecule has 0 bridgehead atoms. The lowest BCUT2D eigenvalue weighted by molar-refractivity contribution is -0.0919. The zero-order valence-corrected chi connectivity index (χ0v) is 15.1. The van der Waals surface area contributed by atoms with Crippen molar-refractivity contribution < 1.29 is 13.2 Å². The summed E-state index contributed by atoms with van der Waals surface area (Å²) in [7, 11) is 0. The van der Waals surface area contributed by atoms with Crippen molar-refractivity contribution in [1.29, 1.82) is 5.26 Å². The lowest BCUT2D eigenvalue weighted by Crippen LogP contribution is -2.11. The number of aromatic amines is 1. The van der Waals surface area contributed by atoms with Gasteiger partial charge in [-0.15, -0.1) is 5.10 Å². The summed E-state index contributed by atoms with van der Waals surface area (Å²) in [6.45, 7) is 4.59. The van der Waals surface area contributed by atoms with Gasteiger partial charge in [0.25, 0.3) is 0 Å². The molecule has 0 amide bonds. The number of aliphatic imine (C=N–C) groups is 2. The average molecular weight is 386 g/mol. The van der Waals surface area contributed by atoms with Crippen LogP contribution in [0.3, 0.4) is 0 Å². The number of aromatic nitrogens is 3. The van der Waals surface area contributed by atoms with Gasteiger partial charge in [0, 0.05) is 17.3 Å². The highest BCUT2D eigenvalue weighted by Crippen LogP contribution is 2.34. The van der Waals surface area contributed by atoms with Crippen LogP contribution in [0.4, 0.5) is 13.2 Å². The molecular formula is C19H17F3N6. The standard InChI is InChI=1S/C19H17F3N6/c1-3-24-18(25-11(2)19(20,21)22)15-8-13(6-12-4-5-12)7-14(9-15)17-16(10-23)26-28-27-17/h3,7-9,12H,2,4-6H2,1H3,(H,26,27,28)/b24-3-,25-18-. The summed E-state index contributed by atoms with van der Waals surface area (Å²) in [5.74, 6) is 0.446. The van der Waals surface area contributed by atoms with E-state index in [0.717, 1.165) is 24.8 Å². The number of benzene rings is 1. The largest absolute Gasteiger partial charge is 0.432 e. The zero-order valence-electron chi connectivity index (χ0n) is 15.1. The Hall–Kier alpha value is -3.28. The van der Waals surface area contributed by atoms with Gasteiger partial charge in [-0.25, -0.2) is 15.1 Å². The maximum atomic E-state index is 12.9. The number of hydrogen-bond donors (Lipinski definition) is 1. The van der Waals surface area contributed by atoms with Crippen molar-refractivity contribution in [2.24, 2.45) is 15.9 Å². The van der Waals surface area contributed by atoms with Gasteiger partial charge >= 0.3 is 6.18 Å². The second-order valence-electron chi connectivity index (χ2n) is 6.48. The van der Waals surface area contributed by atoms with Crippen LogP contribution in [0.1, 0.15) is 36.6 Å². The summed E-state index contributed by atoms with van der Waals surface area (Å²) in [4.78, 5) is 7.60. The number of nitriles is 1. The number of H-pyrrole nitrogens is 1. The van der Waals surface area contributed by atoms with Crippen LogP contribution in [0, 0.1) is 17.2 Å². The number of allylic oxidation sites excluding steroid dienone is 1. The molecule has 0 saturated heterocycles. The van der Waals surface area contributed by atoms with Gasteiger partial charge in [-0.05, 0) is 55.9 Å². The highest BCUT2D eigenvalue weighted by atomic mass is 19.4. The molecule has 144 valence electrons. The number of nitrogens with one attached hydrogen (secondary N) is 1. The van der Waals surface area contributed by atoms with E-state index in [1.807, 2.05) is 12.1 Å². The van der Waals surface area contributed by atoms with Crippen LogP contribution in [0.5, 0.6) is 0 Å². The van der Waals surface area contributed by atoms with Crippen molar-refractivity contribution in [3.8, 4) is 17.3 Å². The maximum absolute atomic E-state index is 12.9. The fourth-order valence-corrected chi connectivity index (χ4v) is 2.72. The second kappa shape index (κ2) is 7.76. The third kappa shape index (κ3) is 4.52. The predicted molar refractivity (Wildman–Crippen MR) is 98.9 cm³/mol. The van der Waals surface area contributed by atoms with Crippen LogP contribution in [0.25, 0.3) is 11.3 Å². The molecule has 1 aromatic carbocycles. The Bertz CT molecular complexity index is 990. The van der Waals surface area contributed by atoms with E-state index < -0.39 is 11.9 Å². The summed E-state index contributed by atoms with van der Waals surface area (Å²) >= 11 is 0. The fourth-order valence-electron chi connectivity index (χ4n) is 2.72. The van der Waals surface area contributed by atoms with E-state index in [1.165, 1.54) is 6.21 Å². The molecule has 2 aromatic rings. The van der Waals surface area contributed by atoms with Gasteiger partial charge in [-0.3, -0.25) is 0 Å². The molecule has 28 heavy (non-hydrogen) atoms. The highest BCUT2D eigenvalue weighted by molar-refractivity contribution is 6.04. The molecule has 1 N–H and O–H groups in total. The molecule has 0 aliphatic heterocycles. The first-order valence-electron chi connectivity index (χ1n) is 8.61. The van der Waals surface area contributed by atoms with E-state index >= 15 is 0 Å². The Kier molecular flexibility index (Phi) is 5.40. The molecule has 1 heterocycles. The first-order chi connectivity index (χ1) is 13.3. The number of nitrogens with zero attached hydrogens (tertiary/aromatic N) is 5. The molecule has 0 spiro atoms. The molecule has 9 heteroatoms. The van der Waals surface area contributed by atoms with Gasteiger partial charge in [-0.2, -0.15) is 18.4 Å². The van der Waals surface area contributed by atoms with Crippen molar-refractivity contribution in [2.45, 2.75) is 32.4 Å². The van der Waals surface area contributed by atoms with E-state index in [-0.39, 0.29) is 11.5 Å². The minimum atomic E-state index is -4.65. The summed E-state index contributed by atoms with van der Waals surface area (Å²) in [6.07, 6.45) is -0.267. The first kappa shape index (κ1) is 19.5. The molecule has 1 aliphatic carbocycles. The average Bonchev–Trinajstić information content (AvgIpc) is 3.32.